The SMILES string of the molecule is CC1(C)c2ccccc2-c2ccc(-c3c4ccc(N(c5ccccc5)c5ccccc5)cc4c(-c4ccc5c(c4)C(C)(C)c4ccccc4-5)c4ccc(N(c5ccccc5)c5ccccc5)cc34)cc21. The highest BCUT2D eigenvalue weighted by Gasteiger charge is 2.37. The van der Waals surface area contributed by atoms with E-state index in [4.69, 9.17) is 0 Å². The van der Waals surface area contributed by atoms with Crippen molar-refractivity contribution in [3.05, 3.63) is 265 Å². The van der Waals surface area contributed by atoms with Gasteiger partial charge in [-0.25, -0.2) is 0 Å². The van der Waals surface area contributed by atoms with Gasteiger partial charge in [0.05, 0.1) is 0 Å². The van der Waals surface area contributed by atoms with Crippen LogP contribution in [0.15, 0.2) is 243 Å². The molecule has 2 aliphatic carbocycles. The molecule has 0 radical (unpaired) electrons. The molecular weight excluding hydrogens is 845 g/mol. The molecule has 70 heavy (non-hydrogen) atoms. The summed E-state index contributed by atoms with van der Waals surface area (Å²) < 4.78 is 0. The second-order valence-electron chi connectivity index (χ2n) is 20.1. The first-order valence-electron chi connectivity index (χ1n) is 24.6. The first kappa shape index (κ1) is 41.7. The molecule has 0 spiro atoms. The van der Waals surface area contributed by atoms with Crippen LogP contribution in [0.1, 0.15) is 49.9 Å². The van der Waals surface area contributed by atoms with Crippen LogP contribution >= 0.6 is 0 Å². The Hall–Kier alpha value is -8.46. The zero-order valence-electron chi connectivity index (χ0n) is 40.0. The number of fused-ring (bicyclic) bond motifs is 8. The van der Waals surface area contributed by atoms with Crippen LogP contribution in [-0.4, -0.2) is 0 Å². The van der Waals surface area contributed by atoms with Gasteiger partial charge in [0, 0.05) is 45.0 Å². The fourth-order valence-corrected chi connectivity index (χ4v) is 12.0. The van der Waals surface area contributed by atoms with Crippen molar-refractivity contribution in [2.75, 3.05) is 9.80 Å². The van der Waals surface area contributed by atoms with Crippen LogP contribution in [0, 0.1) is 0 Å². The zero-order chi connectivity index (χ0) is 47.1. The van der Waals surface area contributed by atoms with Crippen molar-refractivity contribution in [3.63, 3.8) is 0 Å². The van der Waals surface area contributed by atoms with Crippen LogP contribution in [-0.2, 0) is 10.8 Å². The molecule has 0 bridgehead atoms. The first-order valence-corrected chi connectivity index (χ1v) is 24.6. The predicted octanol–water partition coefficient (Wildman–Crippen LogP) is 18.9. The average molecular weight is 897 g/mol. The number of rotatable bonds is 8. The number of para-hydroxylation sites is 4. The summed E-state index contributed by atoms with van der Waals surface area (Å²) >= 11 is 0. The molecule has 0 saturated heterocycles. The Morgan fingerprint density at radius 1 is 0.243 bits per heavy atom. The van der Waals surface area contributed by atoms with E-state index in [1.165, 1.54) is 88.3 Å². The summed E-state index contributed by atoms with van der Waals surface area (Å²) in [6.45, 7) is 9.55. The van der Waals surface area contributed by atoms with Gasteiger partial charge in [-0.3, -0.25) is 0 Å². The highest BCUT2D eigenvalue weighted by molar-refractivity contribution is 6.23. The molecule has 0 N–H and O–H groups in total. The molecule has 0 unspecified atom stereocenters. The number of anilines is 6. The second-order valence-corrected chi connectivity index (χ2v) is 20.1. The lowest BCUT2D eigenvalue weighted by molar-refractivity contribution is 0.660. The number of benzene rings is 11. The molecule has 2 heteroatoms. The van der Waals surface area contributed by atoms with Gasteiger partial charge in [0.1, 0.15) is 0 Å². The van der Waals surface area contributed by atoms with Crippen molar-refractivity contribution in [3.8, 4) is 44.5 Å². The van der Waals surface area contributed by atoms with E-state index < -0.39 is 0 Å². The van der Waals surface area contributed by atoms with Crippen molar-refractivity contribution in [1.29, 1.82) is 0 Å². The quantitative estimate of drug-likeness (QED) is 0.140. The molecule has 0 atom stereocenters. The van der Waals surface area contributed by atoms with Crippen LogP contribution in [0.3, 0.4) is 0 Å². The van der Waals surface area contributed by atoms with E-state index in [9.17, 15) is 0 Å². The Balaban J connectivity index is 1.15. The number of nitrogens with zero attached hydrogens (tertiary/aromatic N) is 2. The van der Waals surface area contributed by atoms with Crippen molar-refractivity contribution < 1.29 is 0 Å². The van der Waals surface area contributed by atoms with Gasteiger partial charge in [0.2, 0.25) is 0 Å². The fourth-order valence-electron chi connectivity index (χ4n) is 12.0. The summed E-state index contributed by atoms with van der Waals surface area (Å²) in [6, 6.07) is 90.0. The van der Waals surface area contributed by atoms with Crippen LogP contribution in [0.4, 0.5) is 34.1 Å². The van der Waals surface area contributed by atoms with Gasteiger partial charge in [-0.05, 0) is 173 Å². The van der Waals surface area contributed by atoms with E-state index in [0.717, 1.165) is 34.1 Å². The molecule has 334 valence electrons. The van der Waals surface area contributed by atoms with Crippen LogP contribution in [0.2, 0.25) is 0 Å². The first-order chi connectivity index (χ1) is 34.3. The minimum atomic E-state index is -0.163. The Bertz CT molecular complexity index is 3480. The maximum Gasteiger partial charge on any atom is 0.0468 e. The molecule has 0 heterocycles. The van der Waals surface area contributed by atoms with Gasteiger partial charge in [-0.1, -0.05) is 185 Å². The lowest BCUT2D eigenvalue weighted by atomic mass is 9.79. The Labute approximate surface area is 411 Å². The number of hydrogen-bond acceptors (Lipinski definition) is 2. The predicted molar refractivity (Wildman–Crippen MR) is 297 cm³/mol. The summed E-state index contributed by atoms with van der Waals surface area (Å²) in [5, 5.41) is 4.85. The highest BCUT2D eigenvalue weighted by atomic mass is 15.1. The van der Waals surface area contributed by atoms with Crippen molar-refractivity contribution >= 4 is 55.7 Å². The van der Waals surface area contributed by atoms with Gasteiger partial charge in [0.25, 0.3) is 0 Å². The second kappa shape index (κ2) is 16.1. The molecule has 13 rings (SSSR count). The summed E-state index contributed by atoms with van der Waals surface area (Å²) in [5.41, 5.74) is 22.0. The standard InChI is InChI=1S/C68H52N2/c1-67(2)61-31-19-17-29-53(61)55-37-33-45(41-63(55)67)65-57-39-35-52(70(49-25-13-7-14-26-49)50-27-15-8-16-28-50)44-60(57)66(46-34-38-56-54-30-18-20-32-62(54)68(3,4)64(56)42-46)58-40-36-51(43-59(58)65)69(47-21-9-5-10-22-47)48-23-11-6-12-24-48/h5-44H,1-4H3. The van der Waals surface area contributed by atoms with Gasteiger partial charge in [0.15, 0.2) is 0 Å². The zero-order valence-corrected chi connectivity index (χ0v) is 40.0. The topological polar surface area (TPSA) is 6.48 Å². The maximum absolute atomic E-state index is 2.51. The van der Waals surface area contributed by atoms with Crippen LogP contribution in [0.25, 0.3) is 66.1 Å². The minimum Gasteiger partial charge on any atom is -0.310 e. The van der Waals surface area contributed by atoms with Gasteiger partial charge in [-0.2, -0.15) is 0 Å². The Morgan fingerprint density at radius 2 is 0.557 bits per heavy atom. The number of hydrogen-bond donors (Lipinski definition) is 0. The van der Waals surface area contributed by atoms with Gasteiger partial charge in [-0.15, -0.1) is 0 Å². The van der Waals surface area contributed by atoms with E-state index >= 15 is 0 Å². The molecule has 0 aromatic heterocycles. The molecular formula is C68H52N2. The van der Waals surface area contributed by atoms with E-state index in [0.29, 0.717) is 0 Å². The smallest absolute Gasteiger partial charge is 0.0468 e. The molecule has 0 saturated carbocycles. The summed E-state index contributed by atoms with van der Waals surface area (Å²) in [6.07, 6.45) is 0. The van der Waals surface area contributed by atoms with Crippen molar-refractivity contribution in [1.82, 2.24) is 0 Å². The maximum atomic E-state index is 2.51. The molecule has 0 aliphatic heterocycles. The largest absolute Gasteiger partial charge is 0.310 e. The van der Waals surface area contributed by atoms with Gasteiger partial charge < -0.3 is 9.80 Å². The Morgan fingerprint density at radius 3 is 0.914 bits per heavy atom. The van der Waals surface area contributed by atoms with Crippen molar-refractivity contribution in [2.24, 2.45) is 0 Å². The molecule has 11 aromatic carbocycles. The third-order valence-corrected chi connectivity index (χ3v) is 15.4. The van der Waals surface area contributed by atoms with Gasteiger partial charge >= 0.3 is 0 Å². The average Bonchev–Trinajstić information content (AvgIpc) is 3.78. The molecule has 2 aliphatic rings. The molecule has 11 aromatic rings. The normalized spacial score (nSPS) is 13.7. The van der Waals surface area contributed by atoms with Crippen LogP contribution in [0.5, 0.6) is 0 Å². The molecule has 0 fully saturated rings. The summed E-state index contributed by atoms with van der Waals surface area (Å²) in [7, 11) is 0. The molecule has 2 nitrogen and oxygen atoms in total. The third-order valence-electron chi connectivity index (χ3n) is 15.4. The molecule has 0 amide bonds. The monoisotopic (exact) mass is 896 g/mol. The van der Waals surface area contributed by atoms with E-state index in [1.807, 2.05) is 0 Å². The minimum absolute atomic E-state index is 0.163. The van der Waals surface area contributed by atoms with E-state index in [-0.39, 0.29) is 10.8 Å². The highest BCUT2D eigenvalue weighted by Crippen LogP contribution is 2.55. The lowest BCUT2D eigenvalue weighted by Gasteiger charge is -2.28. The third kappa shape index (κ3) is 6.47. The summed E-state index contributed by atoms with van der Waals surface area (Å²) in [5.74, 6) is 0. The lowest BCUT2D eigenvalue weighted by Crippen LogP contribution is -2.15. The van der Waals surface area contributed by atoms with E-state index in [1.54, 1.807) is 0 Å². The summed E-state index contributed by atoms with van der Waals surface area (Å²) in [4.78, 5) is 4.79. The van der Waals surface area contributed by atoms with Crippen molar-refractivity contribution in [2.45, 2.75) is 38.5 Å². The Kier molecular flexibility index (Phi) is 9.58. The van der Waals surface area contributed by atoms with Crippen LogP contribution < -0.4 is 9.80 Å². The fraction of sp³-hybridized carbons (Fsp3) is 0.0882. The van der Waals surface area contributed by atoms with E-state index in [2.05, 4.69) is 280 Å².